The number of nitrogens with one attached hydrogen (secondary N) is 2. The van der Waals surface area contributed by atoms with E-state index in [1.165, 1.54) is 10.7 Å². The molecule has 0 saturated heterocycles. The van der Waals surface area contributed by atoms with Gasteiger partial charge in [-0.3, -0.25) is 14.6 Å². The van der Waals surface area contributed by atoms with E-state index in [0.29, 0.717) is 22.2 Å². The highest BCUT2D eigenvalue weighted by Gasteiger charge is 2.43. The number of carbonyl (C=O) groups excluding carboxylic acids is 1. The van der Waals surface area contributed by atoms with Gasteiger partial charge in [0.15, 0.2) is 0 Å². The van der Waals surface area contributed by atoms with Crippen LogP contribution in [0.25, 0.3) is 17.2 Å². The van der Waals surface area contributed by atoms with Crippen molar-refractivity contribution >= 4 is 23.3 Å². The number of amides is 1. The van der Waals surface area contributed by atoms with Gasteiger partial charge in [0, 0.05) is 28.4 Å². The van der Waals surface area contributed by atoms with Crippen LogP contribution in [0.4, 0.5) is 5.82 Å². The molecule has 172 valence electrons. The fourth-order valence-electron chi connectivity index (χ4n) is 4.68. The molecule has 34 heavy (non-hydrogen) atoms. The number of carbonyl (C=O) groups is 1. The Morgan fingerprint density at radius 2 is 1.76 bits per heavy atom. The molecular weight excluding hydrogens is 450 g/mol. The minimum Gasteiger partial charge on any atom is -0.310 e. The lowest BCUT2D eigenvalue weighted by molar-refractivity contribution is -0.121. The average molecular weight is 474 g/mol. The average Bonchev–Trinajstić information content (AvgIpc) is 3.48. The summed E-state index contributed by atoms with van der Waals surface area (Å²) in [6.45, 7) is 1.74. The van der Waals surface area contributed by atoms with Crippen molar-refractivity contribution in [2.24, 2.45) is 0 Å². The van der Waals surface area contributed by atoms with Crippen molar-refractivity contribution in [1.82, 2.24) is 19.7 Å². The van der Waals surface area contributed by atoms with Crippen molar-refractivity contribution in [3.05, 3.63) is 93.4 Å². The number of hydrogen-bond acceptors (Lipinski definition) is 4. The van der Waals surface area contributed by atoms with E-state index in [1.807, 2.05) is 54.6 Å². The molecule has 0 radical (unpaired) electrons. The molecule has 0 atom stereocenters. The van der Waals surface area contributed by atoms with E-state index in [-0.39, 0.29) is 17.4 Å². The molecular formula is C26H24ClN5O2. The first kappa shape index (κ1) is 22.1. The summed E-state index contributed by atoms with van der Waals surface area (Å²) in [5.74, 6) is 0.579. The largest absolute Gasteiger partial charge is 0.310 e. The smallest absolute Gasteiger partial charge is 0.252 e. The second-order valence-corrected chi connectivity index (χ2v) is 9.09. The first-order valence-electron chi connectivity index (χ1n) is 11.3. The molecule has 1 saturated carbocycles. The van der Waals surface area contributed by atoms with E-state index in [0.717, 1.165) is 36.8 Å². The summed E-state index contributed by atoms with van der Waals surface area (Å²) >= 11 is 6.10. The highest BCUT2D eigenvalue weighted by Crippen LogP contribution is 2.42. The molecule has 0 bridgehead atoms. The summed E-state index contributed by atoms with van der Waals surface area (Å²) in [5.41, 5.74) is 2.11. The molecule has 4 aromatic rings. The predicted molar refractivity (Wildman–Crippen MR) is 132 cm³/mol. The third-order valence-electron chi connectivity index (χ3n) is 6.37. The second-order valence-electron chi connectivity index (χ2n) is 8.65. The van der Waals surface area contributed by atoms with Crippen LogP contribution in [0.15, 0.2) is 71.5 Å². The van der Waals surface area contributed by atoms with Crippen LogP contribution in [-0.4, -0.2) is 25.7 Å². The van der Waals surface area contributed by atoms with E-state index < -0.39 is 5.41 Å². The van der Waals surface area contributed by atoms with Crippen LogP contribution in [0.2, 0.25) is 5.02 Å². The molecule has 0 unspecified atom stereocenters. The van der Waals surface area contributed by atoms with Gasteiger partial charge in [0.1, 0.15) is 5.82 Å². The topological polar surface area (TPSA) is 92.7 Å². The Balaban J connectivity index is 1.58. The Morgan fingerprint density at radius 1 is 1.06 bits per heavy atom. The van der Waals surface area contributed by atoms with Crippen molar-refractivity contribution in [2.75, 3.05) is 5.32 Å². The summed E-state index contributed by atoms with van der Waals surface area (Å²) < 4.78 is 1.49. The van der Waals surface area contributed by atoms with Gasteiger partial charge in [-0.1, -0.05) is 66.9 Å². The minimum absolute atomic E-state index is 0.108. The zero-order valence-electron chi connectivity index (χ0n) is 18.7. The Hall–Kier alpha value is -3.71. The fourth-order valence-corrected chi connectivity index (χ4v) is 4.80. The molecule has 2 N–H and O–H groups in total. The molecule has 7 nitrogen and oxygen atoms in total. The Bertz CT molecular complexity index is 1390. The number of aromatic nitrogens is 4. The quantitative estimate of drug-likeness (QED) is 0.425. The number of rotatable bonds is 5. The monoisotopic (exact) mass is 473 g/mol. The van der Waals surface area contributed by atoms with E-state index in [9.17, 15) is 9.59 Å². The first-order valence-corrected chi connectivity index (χ1v) is 11.6. The summed E-state index contributed by atoms with van der Waals surface area (Å²) in [6.07, 6.45) is 3.44. The lowest BCUT2D eigenvalue weighted by Gasteiger charge is -2.28. The van der Waals surface area contributed by atoms with E-state index in [1.54, 1.807) is 13.0 Å². The summed E-state index contributed by atoms with van der Waals surface area (Å²) in [7, 11) is 0. The van der Waals surface area contributed by atoms with Crippen LogP contribution in [0, 0.1) is 6.92 Å². The van der Waals surface area contributed by atoms with Crippen molar-refractivity contribution in [2.45, 2.75) is 38.0 Å². The third kappa shape index (κ3) is 4.15. The third-order valence-corrected chi connectivity index (χ3v) is 6.62. The van der Waals surface area contributed by atoms with Gasteiger partial charge in [0.05, 0.1) is 11.1 Å². The Morgan fingerprint density at radius 3 is 2.44 bits per heavy atom. The Kier molecular flexibility index (Phi) is 5.79. The lowest BCUT2D eigenvalue weighted by atomic mass is 9.78. The SMILES string of the molecule is Cc1cc(=O)[nH]c(-n2nc(-c3ccccc3)cc2NC(=O)C2(c3ccc(Cl)cc3)CCCC2)n1. The van der Waals surface area contributed by atoms with Gasteiger partial charge in [0.25, 0.3) is 5.56 Å². The molecule has 1 aliphatic carbocycles. The van der Waals surface area contributed by atoms with Crippen molar-refractivity contribution in [3.8, 4) is 17.2 Å². The van der Waals surface area contributed by atoms with Gasteiger partial charge in [-0.15, -0.1) is 0 Å². The van der Waals surface area contributed by atoms with Crippen LogP contribution in [0.1, 0.15) is 36.9 Å². The fraction of sp³-hybridized carbons (Fsp3) is 0.231. The van der Waals surface area contributed by atoms with Gasteiger partial charge in [-0.05, 0) is 37.5 Å². The van der Waals surface area contributed by atoms with Crippen LogP contribution in [-0.2, 0) is 10.2 Å². The maximum Gasteiger partial charge on any atom is 0.252 e. The highest BCUT2D eigenvalue weighted by molar-refractivity contribution is 6.30. The molecule has 0 aliphatic heterocycles. The predicted octanol–water partition coefficient (Wildman–Crippen LogP) is 5.03. The zero-order valence-corrected chi connectivity index (χ0v) is 19.5. The first-order chi connectivity index (χ1) is 16.4. The van der Waals surface area contributed by atoms with Gasteiger partial charge >= 0.3 is 0 Å². The molecule has 0 spiro atoms. The van der Waals surface area contributed by atoms with Crippen molar-refractivity contribution in [3.63, 3.8) is 0 Å². The maximum atomic E-state index is 13.8. The number of aryl methyl sites for hydroxylation is 1. The van der Waals surface area contributed by atoms with Crippen LogP contribution < -0.4 is 10.9 Å². The maximum absolute atomic E-state index is 13.8. The number of H-pyrrole nitrogens is 1. The molecule has 8 heteroatoms. The van der Waals surface area contributed by atoms with Crippen molar-refractivity contribution < 1.29 is 4.79 Å². The highest BCUT2D eigenvalue weighted by atomic mass is 35.5. The van der Waals surface area contributed by atoms with Gasteiger partial charge in [0.2, 0.25) is 11.9 Å². The number of anilines is 1. The Labute approximate surface area is 201 Å². The molecule has 2 heterocycles. The number of halogens is 1. The molecule has 1 fully saturated rings. The standard InChI is InChI=1S/C26H24ClN5O2/c1-17-15-23(33)30-25(28-17)32-22(16-21(31-32)18-7-3-2-4-8-18)29-24(34)26(13-5-6-14-26)19-9-11-20(27)12-10-19/h2-4,7-12,15-16H,5-6,13-14H2,1H3,(H,29,34)(H,28,30,33). The number of nitrogens with zero attached hydrogens (tertiary/aromatic N) is 3. The number of hydrogen-bond donors (Lipinski definition) is 2. The summed E-state index contributed by atoms with van der Waals surface area (Å²) in [4.78, 5) is 33.1. The van der Waals surface area contributed by atoms with E-state index in [2.05, 4.69) is 20.4 Å². The number of benzene rings is 2. The van der Waals surface area contributed by atoms with E-state index in [4.69, 9.17) is 11.6 Å². The summed E-state index contributed by atoms with van der Waals surface area (Å²) in [6, 6.07) is 20.4. The summed E-state index contributed by atoms with van der Waals surface area (Å²) in [5, 5.41) is 8.41. The molecule has 2 aromatic heterocycles. The minimum atomic E-state index is -0.653. The van der Waals surface area contributed by atoms with Crippen LogP contribution in [0.5, 0.6) is 0 Å². The molecule has 1 aliphatic rings. The second kappa shape index (κ2) is 8.91. The normalized spacial score (nSPS) is 14.8. The van der Waals surface area contributed by atoms with Gasteiger partial charge < -0.3 is 5.32 Å². The lowest BCUT2D eigenvalue weighted by Crippen LogP contribution is -2.38. The molecule has 1 amide bonds. The number of aromatic amines is 1. The molecule has 2 aromatic carbocycles. The van der Waals surface area contributed by atoms with Crippen LogP contribution in [0.3, 0.4) is 0 Å². The van der Waals surface area contributed by atoms with Crippen LogP contribution >= 0.6 is 11.6 Å². The van der Waals surface area contributed by atoms with Gasteiger partial charge in [-0.2, -0.15) is 9.78 Å². The van der Waals surface area contributed by atoms with Gasteiger partial charge in [-0.25, -0.2) is 4.98 Å². The molecule has 5 rings (SSSR count). The zero-order chi connectivity index (χ0) is 23.7. The van der Waals surface area contributed by atoms with Crippen molar-refractivity contribution in [1.29, 1.82) is 0 Å². The van der Waals surface area contributed by atoms with E-state index >= 15 is 0 Å².